The van der Waals surface area contributed by atoms with E-state index in [1.54, 1.807) is 37.5 Å². The van der Waals surface area contributed by atoms with Crippen LogP contribution in [0.2, 0.25) is 5.02 Å². The van der Waals surface area contributed by atoms with E-state index in [-0.39, 0.29) is 41.9 Å². The second-order valence-corrected chi connectivity index (χ2v) is 10.7. The summed E-state index contributed by atoms with van der Waals surface area (Å²) < 4.78 is 0. The fraction of sp³-hybridized carbons (Fsp3) is 0.481. The first-order valence-electron chi connectivity index (χ1n) is 13.1. The Bertz CT molecular complexity index is 1180. The molecule has 13 heteroatoms. The van der Waals surface area contributed by atoms with Crippen LogP contribution in [0.4, 0.5) is 11.5 Å². The van der Waals surface area contributed by atoms with Gasteiger partial charge in [-0.05, 0) is 56.4 Å². The summed E-state index contributed by atoms with van der Waals surface area (Å²) in [6, 6.07) is 5.98. The Kier molecular flexibility index (Phi) is 11.1. The zero-order valence-corrected chi connectivity index (χ0v) is 24.1. The van der Waals surface area contributed by atoms with E-state index in [2.05, 4.69) is 30.8 Å². The van der Waals surface area contributed by atoms with Crippen molar-refractivity contribution in [2.75, 3.05) is 37.4 Å². The van der Waals surface area contributed by atoms with E-state index >= 15 is 0 Å². The number of amides is 4. The van der Waals surface area contributed by atoms with Gasteiger partial charge in [0, 0.05) is 75.4 Å². The lowest BCUT2D eigenvalue weighted by Crippen LogP contribution is -2.58. The molecule has 0 radical (unpaired) electrons. The molecule has 3 heterocycles. The largest absolute Gasteiger partial charge is 0.371 e. The molecule has 1 saturated carbocycles. The van der Waals surface area contributed by atoms with Crippen molar-refractivity contribution in [1.29, 1.82) is 0 Å². The zero-order valence-electron chi connectivity index (χ0n) is 22.5. The SMILES string of the molecule is CN(C)C(=O)[C@H]1CC[C@H](NC(=O)C(=O)Nc2ccc(Cl)cn2)[C@H](NC(=O)C2CCN(c3ccncc3)CC2)C1.Cl. The first-order chi connectivity index (χ1) is 18.7. The molecular weight excluding hydrogens is 557 g/mol. The summed E-state index contributed by atoms with van der Waals surface area (Å²) >= 11 is 5.82. The standard InChI is InChI=1S/C27H34ClN7O4.ClH/c1-34(2)27(39)18-3-5-21(31-25(37)26(38)33-23-6-4-19(28)16-30-23)22(15-18)32-24(36)17-9-13-35(14-10-17)20-7-11-29-12-8-20;/h4,6-8,11-12,16-18,21-22H,3,5,9-10,13-15H2,1-2H3,(H,31,37)(H,32,36)(H,30,33,38);1H/t18-,21-,22+;/m0./s1. The number of carbonyl (C=O) groups is 4. The summed E-state index contributed by atoms with van der Waals surface area (Å²) in [4.78, 5) is 63.1. The van der Waals surface area contributed by atoms with Crippen LogP contribution in [0.25, 0.3) is 0 Å². The molecule has 3 atom stereocenters. The van der Waals surface area contributed by atoms with Crippen LogP contribution in [0.15, 0.2) is 42.9 Å². The summed E-state index contributed by atoms with van der Waals surface area (Å²) in [7, 11) is 3.41. The van der Waals surface area contributed by atoms with Crippen LogP contribution in [0, 0.1) is 11.8 Å². The molecule has 0 spiro atoms. The molecule has 216 valence electrons. The number of carbonyl (C=O) groups excluding carboxylic acids is 4. The molecule has 1 saturated heterocycles. The van der Waals surface area contributed by atoms with Crippen LogP contribution < -0.4 is 20.9 Å². The maximum Gasteiger partial charge on any atom is 0.314 e. The normalized spacial score (nSPS) is 21.0. The van der Waals surface area contributed by atoms with Crippen LogP contribution in [-0.2, 0) is 19.2 Å². The molecule has 2 aliphatic rings. The van der Waals surface area contributed by atoms with E-state index in [0.29, 0.717) is 37.1 Å². The molecule has 2 aromatic heterocycles. The van der Waals surface area contributed by atoms with E-state index in [0.717, 1.165) is 18.8 Å². The van der Waals surface area contributed by atoms with Gasteiger partial charge in [0.25, 0.3) is 0 Å². The number of halogens is 2. The Morgan fingerprint density at radius 3 is 2.23 bits per heavy atom. The Labute approximate surface area is 244 Å². The van der Waals surface area contributed by atoms with Crippen molar-refractivity contribution in [3.05, 3.63) is 47.9 Å². The van der Waals surface area contributed by atoms with Gasteiger partial charge in [0.1, 0.15) is 5.82 Å². The minimum absolute atomic E-state index is 0. The average molecular weight is 593 g/mol. The van der Waals surface area contributed by atoms with Crippen molar-refractivity contribution in [2.45, 2.75) is 44.2 Å². The van der Waals surface area contributed by atoms with Gasteiger partial charge in [-0.3, -0.25) is 24.2 Å². The van der Waals surface area contributed by atoms with Gasteiger partial charge in [-0.25, -0.2) is 4.98 Å². The highest BCUT2D eigenvalue weighted by Gasteiger charge is 2.38. The highest BCUT2D eigenvalue weighted by atomic mass is 35.5. The maximum atomic E-state index is 13.3. The summed E-state index contributed by atoms with van der Waals surface area (Å²) in [5.74, 6) is -2.08. The average Bonchev–Trinajstić information content (AvgIpc) is 2.95. The molecule has 0 unspecified atom stereocenters. The lowest BCUT2D eigenvalue weighted by Gasteiger charge is -2.38. The van der Waals surface area contributed by atoms with Gasteiger partial charge in [0.05, 0.1) is 5.02 Å². The number of hydrogen-bond donors (Lipinski definition) is 3. The number of nitrogens with zero attached hydrogens (tertiary/aromatic N) is 4. The maximum absolute atomic E-state index is 13.3. The Morgan fingerprint density at radius 2 is 1.60 bits per heavy atom. The number of anilines is 2. The predicted octanol–water partition coefficient (Wildman–Crippen LogP) is 2.26. The van der Waals surface area contributed by atoms with Crippen molar-refractivity contribution in [2.24, 2.45) is 11.8 Å². The molecule has 1 aliphatic heterocycles. The molecule has 2 fully saturated rings. The monoisotopic (exact) mass is 591 g/mol. The van der Waals surface area contributed by atoms with Crippen LogP contribution in [0.3, 0.4) is 0 Å². The van der Waals surface area contributed by atoms with Crippen molar-refractivity contribution >= 4 is 59.1 Å². The predicted molar refractivity (Wildman–Crippen MR) is 154 cm³/mol. The van der Waals surface area contributed by atoms with E-state index in [1.165, 1.54) is 12.3 Å². The van der Waals surface area contributed by atoms with E-state index in [4.69, 9.17) is 11.6 Å². The van der Waals surface area contributed by atoms with Gasteiger partial charge in [-0.2, -0.15) is 0 Å². The lowest BCUT2D eigenvalue weighted by atomic mass is 9.81. The molecule has 3 N–H and O–H groups in total. The topological polar surface area (TPSA) is 137 Å². The first-order valence-corrected chi connectivity index (χ1v) is 13.5. The summed E-state index contributed by atoms with van der Waals surface area (Å²) in [6.45, 7) is 1.49. The van der Waals surface area contributed by atoms with Gasteiger partial charge in [-0.1, -0.05) is 11.6 Å². The third kappa shape index (κ3) is 8.04. The molecule has 2 aromatic rings. The fourth-order valence-electron chi connectivity index (χ4n) is 5.20. The Morgan fingerprint density at radius 1 is 0.900 bits per heavy atom. The highest BCUT2D eigenvalue weighted by Crippen LogP contribution is 2.28. The first kappa shape index (κ1) is 31.1. The van der Waals surface area contributed by atoms with Crippen molar-refractivity contribution < 1.29 is 19.2 Å². The quantitative estimate of drug-likeness (QED) is 0.438. The van der Waals surface area contributed by atoms with Crippen LogP contribution in [0.1, 0.15) is 32.1 Å². The van der Waals surface area contributed by atoms with Crippen molar-refractivity contribution in [3.8, 4) is 0 Å². The van der Waals surface area contributed by atoms with Gasteiger partial charge in [-0.15, -0.1) is 12.4 Å². The van der Waals surface area contributed by atoms with Crippen LogP contribution >= 0.6 is 24.0 Å². The van der Waals surface area contributed by atoms with Gasteiger partial charge in [0.15, 0.2) is 0 Å². The molecule has 0 aromatic carbocycles. The van der Waals surface area contributed by atoms with Gasteiger partial charge < -0.3 is 25.8 Å². The molecule has 40 heavy (non-hydrogen) atoms. The number of rotatable bonds is 6. The number of pyridine rings is 2. The minimum Gasteiger partial charge on any atom is -0.371 e. The number of piperidine rings is 1. The van der Waals surface area contributed by atoms with Crippen molar-refractivity contribution in [3.63, 3.8) is 0 Å². The molecule has 4 amide bonds. The molecule has 0 bridgehead atoms. The zero-order chi connectivity index (χ0) is 27.9. The lowest BCUT2D eigenvalue weighted by molar-refractivity contribution is -0.138. The summed E-state index contributed by atoms with van der Waals surface area (Å²) in [5, 5.41) is 8.73. The third-order valence-electron chi connectivity index (χ3n) is 7.35. The Hall–Kier alpha value is -3.44. The third-order valence-corrected chi connectivity index (χ3v) is 7.58. The number of aromatic nitrogens is 2. The molecule has 11 nitrogen and oxygen atoms in total. The highest BCUT2D eigenvalue weighted by molar-refractivity contribution is 6.39. The fourth-order valence-corrected chi connectivity index (χ4v) is 5.32. The van der Waals surface area contributed by atoms with E-state index in [9.17, 15) is 19.2 Å². The molecule has 4 rings (SSSR count). The van der Waals surface area contributed by atoms with Crippen molar-refractivity contribution in [1.82, 2.24) is 25.5 Å². The minimum atomic E-state index is -0.870. The molecule has 1 aliphatic carbocycles. The van der Waals surface area contributed by atoms with E-state index in [1.807, 2.05) is 12.1 Å². The van der Waals surface area contributed by atoms with Crippen LogP contribution in [0.5, 0.6) is 0 Å². The smallest absolute Gasteiger partial charge is 0.314 e. The van der Waals surface area contributed by atoms with Gasteiger partial charge in [0.2, 0.25) is 11.8 Å². The summed E-state index contributed by atoms with van der Waals surface area (Å²) in [6.07, 6.45) is 7.62. The van der Waals surface area contributed by atoms with Gasteiger partial charge >= 0.3 is 11.8 Å². The molecular formula is C27H35Cl2N7O4. The van der Waals surface area contributed by atoms with Crippen LogP contribution in [-0.4, -0.2) is 77.8 Å². The second kappa shape index (κ2) is 14.3. The number of nitrogens with one attached hydrogen (secondary N) is 3. The second-order valence-electron chi connectivity index (χ2n) is 10.2. The Balaban J connectivity index is 0.00000441. The summed E-state index contributed by atoms with van der Waals surface area (Å²) in [5.41, 5.74) is 1.08. The number of hydrogen-bond acceptors (Lipinski definition) is 7. The van der Waals surface area contributed by atoms with E-state index < -0.39 is 23.9 Å².